The molecule has 0 radical (unpaired) electrons. The summed E-state index contributed by atoms with van der Waals surface area (Å²) in [7, 11) is -7.39. The number of hydrogen-bond acceptors (Lipinski definition) is 21. The minimum Gasteiger partial charge on any atom is -0.462 e. The highest BCUT2D eigenvalue weighted by Crippen LogP contribution is 2.33. The number of benzene rings is 6. The van der Waals surface area contributed by atoms with Crippen molar-refractivity contribution in [3.8, 4) is 17.1 Å². The summed E-state index contributed by atoms with van der Waals surface area (Å²) >= 11 is 18.2. The van der Waals surface area contributed by atoms with Gasteiger partial charge in [0.1, 0.15) is 34.0 Å². The molecule has 12 aromatic rings. The van der Waals surface area contributed by atoms with Gasteiger partial charge in [0, 0.05) is 49.9 Å². The molecule has 36 heteroatoms. The van der Waals surface area contributed by atoms with Gasteiger partial charge in [0.25, 0.3) is 29.1 Å². The first-order chi connectivity index (χ1) is 45.5. The van der Waals surface area contributed by atoms with Crippen LogP contribution in [0.1, 0.15) is 61.4 Å². The largest absolute Gasteiger partial charge is 0.462 e. The molecule has 5 N–H and O–H groups in total. The van der Waals surface area contributed by atoms with Crippen molar-refractivity contribution in [2.24, 2.45) is 0 Å². The van der Waals surface area contributed by atoms with Crippen molar-refractivity contribution < 1.29 is 62.6 Å². The van der Waals surface area contributed by atoms with Gasteiger partial charge < -0.3 is 20.3 Å². The van der Waals surface area contributed by atoms with Gasteiger partial charge >= 0.3 is 11.9 Å². The monoisotopic (exact) mass is 1460 g/mol. The minimum absolute atomic E-state index is 0. The fraction of sp³-hybridized carbons (Fsp3) is 0.131. The molecule has 6 aromatic carbocycles. The number of nitrogen functional groups attached to an aromatic ring is 1. The van der Waals surface area contributed by atoms with E-state index in [4.69, 9.17) is 56.0 Å². The predicted molar refractivity (Wildman–Crippen MR) is 357 cm³/mol. The molecule has 0 atom stereocenters. The highest BCUT2D eigenvalue weighted by atomic mass is 35.7. The number of anilines is 3. The van der Waals surface area contributed by atoms with Gasteiger partial charge in [-0.05, 0) is 167 Å². The van der Waals surface area contributed by atoms with Crippen LogP contribution in [-0.4, -0.2) is 115 Å². The van der Waals surface area contributed by atoms with Crippen LogP contribution in [0.15, 0.2) is 179 Å². The van der Waals surface area contributed by atoms with Gasteiger partial charge in [0.2, 0.25) is 16.9 Å². The standard InChI is InChI=1S/C20H15ClFN5O4S.C20H17ClFN5O3S.C11H8ClN5.C9H8ClFO4S.CH4/c1-2-31-20(28)14-7-6-13(11-15(14)22)32(29,30)25-16-8-5-12(21)10-18(16)27-17-4-3-9-23-19(17)24-26-27;1-20(2,28)14-7-6-13(11-15(14)22)31(29,30)25-16-8-5-12(21)10-18(16)27-17-4-3-9-23-19(17)24-26-27;12-7-3-4-8(13)10(6-7)17-9-2-1-5-14-11(9)15-16-17;1-2-15-9(12)7-4-3-6(5-8(7)11)16(10,13)14;/h3-11,25H,2H2,1H3;3-11,25,28H,1-2H3;1-6H,13H2;3-5H,2H2,1H3;1H4. The Labute approximate surface area is 570 Å². The molecule has 97 heavy (non-hydrogen) atoms. The van der Waals surface area contributed by atoms with E-state index in [1.165, 1.54) is 71.7 Å². The SMILES string of the molecule is C.CC(C)(O)c1ccc(S(=O)(=O)Nc2ccc(Cl)cc2-n2nnc3ncccc32)cc1F.CCOC(=O)c1ccc(S(=O)(=O)Cl)cc1F.CCOC(=O)c1ccc(S(=O)(=O)Nc2ccc(Cl)cc2-n2nnc3ncccc32)cc1F.Nc1ccc(Cl)cc1-n1nnc2ncccc21. The summed E-state index contributed by atoms with van der Waals surface area (Å²) in [5, 5.41) is 35.3. The molecular weight excluding hydrogens is 1410 g/mol. The topological polar surface area (TPSA) is 356 Å². The molecule has 12 rings (SSSR count). The summed E-state index contributed by atoms with van der Waals surface area (Å²) < 4.78 is 134. The molecule has 0 bridgehead atoms. The van der Waals surface area contributed by atoms with Crippen molar-refractivity contribution in [1.82, 2.24) is 59.9 Å². The molecule has 504 valence electrons. The third-order valence-corrected chi connectivity index (χ3v) is 17.9. The quantitative estimate of drug-likeness (QED) is 0.0421. The number of nitrogens with zero attached hydrogens (tertiary/aromatic N) is 12. The number of rotatable bonds is 15. The fourth-order valence-corrected chi connectivity index (χ4v) is 12.1. The number of halogens is 7. The molecule has 6 heterocycles. The van der Waals surface area contributed by atoms with E-state index >= 15 is 0 Å². The summed E-state index contributed by atoms with van der Waals surface area (Å²) in [5.41, 5.74) is 9.11. The van der Waals surface area contributed by atoms with Crippen LogP contribution in [0.3, 0.4) is 0 Å². The Balaban J connectivity index is 0.000000172. The summed E-state index contributed by atoms with van der Waals surface area (Å²) in [6.07, 6.45) is 4.79. The lowest BCUT2D eigenvalue weighted by Gasteiger charge is -2.19. The molecule has 0 aliphatic rings. The van der Waals surface area contributed by atoms with Crippen LogP contribution < -0.4 is 15.2 Å². The number of aromatic nitrogens is 12. The van der Waals surface area contributed by atoms with Gasteiger partial charge in [-0.15, -0.1) is 15.3 Å². The number of nitrogens with two attached hydrogens (primary N) is 1. The van der Waals surface area contributed by atoms with Crippen molar-refractivity contribution in [1.29, 1.82) is 0 Å². The Hall–Kier alpha value is -9.93. The van der Waals surface area contributed by atoms with Crippen LogP contribution in [0.5, 0.6) is 0 Å². The van der Waals surface area contributed by atoms with Gasteiger partial charge in [0.05, 0.1) is 78.8 Å². The van der Waals surface area contributed by atoms with E-state index in [9.17, 15) is 53.1 Å². The molecule has 0 saturated carbocycles. The van der Waals surface area contributed by atoms with Crippen molar-refractivity contribution in [2.75, 3.05) is 28.4 Å². The lowest BCUT2D eigenvalue weighted by Crippen LogP contribution is -2.19. The second-order valence-electron chi connectivity index (χ2n) is 20.1. The van der Waals surface area contributed by atoms with E-state index in [1.54, 1.807) is 79.6 Å². The molecule has 0 spiro atoms. The summed E-state index contributed by atoms with van der Waals surface area (Å²) in [6.45, 7) is 6.15. The Morgan fingerprint density at radius 3 is 1.27 bits per heavy atom. The van der Waals surface area contributed by atoms with E-state index in [0.717, 1.165) is 41.9 Å². The fourth-order valence-electron chi connectivity index (χ4n) is 8.69. The second-order valence-corrected chi connectivity index (χ2v) is 27.4. The number of carbonyl (C=O) groups is 2. The number of nitrogens with one attached hydrogen (secondary N) is 2. The number of esters is 2. The van der Waals surface area contributed by atoms with Gasteiger partial charge in [0.15, 0.2) is 0 Å². The second kappa shape index (κ2) is 30.4. The van der Waals surface area contributed by atoms with Crippen molar-refractivity contribution in [2.45, 2.75) is 55.4 Å². The molecule has 0 fully saturated rings. The molecule has 26 nitrogen and oxygen atoms in total. The summed E-state index contributed by atoms with van der Waals surface area (Å²) in [4.78, 5) is 34.2. The van der Waals surface area contributed by atoms with E-state index in [-0.39, 0.29) is 58.5 Å². The lowest BCUT2D eigenvalue weighted by atomic mass is 9.98. The van der Waals surface area contributed by atoms with E-state index < -0.39 is 69.0 Å². The molecule has 0 amide bonds. The smallest absolute Gasteiger partial charge is 0.341 e. The Kier molecular flexibility index (Phi) is 22.9. The number of carbonyl (C=O) groups excluding carboxylic acids is 2. The average molecular weight is 1470 g/mol. The van der Waals surface area contributed by atoms with Gasteiger partial charge in [-0.25, -0.2) is 77.0 Å². The maximum Gasteiger partial charge on any atom is 0.341 e. The molecular formula is C61H52Cl4F3N15O11S3. The maximum absolute atomic E-state index is 14.4. The number of hydrogen-bond donors (Lipinski definition) is 4. The van der Waals surface area contributed by atoms with Crippen LogP contribution in [0.25, 0.3) is 50.6 Å². The minimum atomic E-state index is -4.23. The Morgan fingerprint density at radius 1 is 0.526 bits per heavy atom. The summed E-state index contributed by atoms with van der Waals surface area (Å²) in [5.74, 6) is -4.57. The maximum atomic E-state index is 14.4. The van der Waals surface area contributed by atoms with Crippen LogP contribution in [0.4, 0.5) is 30.2 Å². The van der Waals surface area contributed by atoms with Crippen molar-refractivity contribution >= 4 is 137 Å². The number of ether oxygens (including phenoxy) is 2. The zero-order valence-corrected chi connectivity index (χ0v) is 55.3. The van der Waals surface area contributed by atoms with Crippen LogP contribution in [-0.2, 0) is 44.2 Å². The molecule has 0 aliphatic heterocycles. The lowest BCUT2D eigenvalue weighted by molar-refractivity contribution is 0.0511. The van der Waals surface area contributed by atoms with Crippen LogP contribution in [0.2, 0.25) is 15.1 Å². The molecule has 6 aromatic heterocycles. The Bertz CT molecular complexity index is 5300. The zero-order chi connectivity index (χ0) is 69.4. The normalized spacial score (nSPS) is 11.5. The predicted octanol–water partition coefficient (Wildman–Crippen LogP) is 11.8. The highest BCUT2D eigenvalue weighted by molar-refractivity contribution is 8.13. The molecule has 0 saturated heterocycles. The molecule has 0 unspecified atom stereocenters. The molecule has 0 aliphatic carbocycles. The van der Waals surface area contributed by atoms with E-state index in [1.807, 2.05) is 12.1 Å². The first kappa shape index (κ1) is 72.9. The number of fused-ring (bicyclic) bond motifs is 3. The third-order valence-electron chi connectivity index (χ3n) is 13.1. The number of sulfonamides is 2. The zero-order valence-electron chi connectivity index (χ0n) is 49.8. The highest BCUT2D eigenvalue weighted by Gasteiger charge is 2.27. The van der Waals surface area contributed by atoms with E-state index in [2.05, 4.69) is 60.1 Å². The van der Waals surface area contributed by atoms with Crippen molar-refractivity contribution in [3.63, 3.8) is 0 Å². The summed E-state index contributed by atoms with van der Waals surface area (Å²) in [6, 6.07) is 33.7. The first-order valence-corrected chi connectivity index (χ1v) is 34.0. The van der Waals surface area contributed by atoms with Crippen LogP contribution in [0, 0.1) is 17.5 Å². The van der Waals surface area contributed by atoms with Crippen LogP contribution >= 0.6 is 45.5 Å². The van der Waals surface area contributed by atoms with E-state index in [0.29, 0.717) is 71.9 Å². The van der Waals surface area contributed by atoms with Crippen molar-refractivity contribution in [3.05, 3.63) is 213 Å². The van der Waals surface area contributed by atoms with Gasteiger partial charge in [-0.3, -0.25) is 9.44 Å². The third kappa shape index (κ3) is 17.2. The van der Waals surface area contributed by atoms with Gasteiger partial charge in [-0.1, -0.05) is 63.9 Å². The van der Waals surface area contributed by atoms with Gasteiger partial charge in [-0.2, -0.15) is 0 Å². The average Bonchev–Trinajstić information content (AvgIpc) is 1.80. The number of pyridine rings is 3. The Morgan fingerprint density at radius 2 is 0.887 bits per heavy atom. The first-order valence-electron chi connectivity index (χ1n) is 27.6. The number of aliphatic hydroxyl groups is 1.